The minimum absolute atomic E-state index is 0.00593. The Hall–Kier alpha value is -2.40. The van der Waals surface area contributed by atoms with Crippen LogP contribution in [0.4, 0.5) is 0 Å². The molecule has 1 heterocycles. The van der Waals surface area contributed by atoms with E-state index in [9.17, 15) is 9.59 Å². The van der Waals surface area contributed by atoms with Crippen molar-refractivity contribution >= 4 is 24.0 Å². The van der Waals surface area contributed by atoms with Gasteiger partial charge in [0.05, 0.1) is 0 Å². The van der Waals surface area contributed by atoms with Crippen molar-refractivity contribution in [3.05, 3.63) is 92.1 Å². The average molecular weight is 443 g/mol. The first-order valence-corrected chi connectivity index (χ1v) is 10.9. The third-order valence-electron chi connectivity index (χ3n) is 4.30. The first-order valence-electron chi connectivity index (χ1n) is 9.19. The van der Waals surface area contributed by atoms with Gasteiger partial charge in [0.2, 0.25) is 0 Å². The minimum atomic E-state index is -0.424. The molecule has 0 amide bonds. The van der Waals surface area contributed by atoms with E-state index >= 15 is 0 Å². The number of ether oxygens (including phenoxy) is 1. The van der Waals surface area contributed by atoms with Crippen LogP contribution in [-0.2, 0) is 18.1 Å². The molecule has 0 saturated carbocycles. The number of hydrogen-bond donors (Lipinski definition) is 1. The number of nitrogens with zero attached hydrogens (tertiary/aromatic N) is 1. The molecule has 2 aromatic carbocycles. The molecule has 0 aliphatic carbocycles. The van der Waals surface area contributed by atoms with Crippen molar-refractivity contribution in [2.45, 2.75) is 40.0 Å². The van der Waals surface area contributed by atoms with E-state index in [0.717, 1.165) is 20.2 Å². The molecule has 0 spiro atoms. The second-order valence-corrected chi connectivity index (χ2v) is 9.17. The molecule has 0 bridgehead atoms. The zero-order valence-electron chi connectivity index (χ0n) is 16.3. The fraction of sp³-hybridized carbons (Fsp3) is 0.273. The number of aromatic amines is 1. The number of benzene rings is 2. The zero-order chi connectivity index (χ0) is 20.1. The summed E-state index contributed by atoms with van der Waals surface area (Å²) in [5, 5.41) is 0. The molecule has 0 fully saturated rings. The number of aromatic nitrogens is 2. The Morgan fingerprint density at radius 3 is 2.50 bits per heavy atom. The summed E-state index contributed by atoms with van der Waals surface area (Å²) in [6.45, 7) is 6.49. The van der Waals surface area contributed by atoms with E-state index in [4.69, 9.17) is 4.74 Å². The predicted molar refractivity (Wildman–Crippen MR) is 113 cm³/mol. The van der Waals surface area contributed by atoms with E-state index < -0.39 is 5.69 Å². The summed E-state index contributed by atoms with van der Waals surface area (Å²) >= 11 is -0.185. The summed E-state index contributed by atoms with van der Waals surface area (Å²) in [4.78, 5) is 27.5. The summed E-state index contributed by atoms with van der Waals surface area (Å²) in [5.41, 5.74) is 2.12. The molecular weight excluding hydrogens is 419 g/mol. The van der Waals surface area contributed by atoms with Crippen molar-refractivity contribution in [3.8, 4) is 0 Å². The van der Waals surface area contributed by atoms with Gasteiger partial charge in [-0.1, -0.05) is 0 Å². The van der Waals surface area contributed by atoms with Crippen LogP contribution >= 0.6 is 0 Å². The Morgan fingerprint density at radius 1 is 1.07 bits per heavy atom. The SMILES string of the molecule is Cc1cccc([Se]c2c(C(C)C)c(=O)[nH]c(=O)n2COCc2ccccc2)c1. The fourth-order valence-electron chi connectivity index (χ4n) is 2.92. The molecule has 1 aromatic heterocycles. The molecule has 0 aliphatic heterocycles. The van der Waals surface area contributed by atoms with Gasteiger partial charge in [0, 0.05) is 0 Å². The van der Waals surface area contributed by atoms with Gasteiger partial charge in [-0.05, 0) is 0 Å². The first kappa shape index (κ1) is 20.3. The summed E-state index contributed by atoms with van der Waals surface area (Å²) in [5.74, 6) is 0.00593. The third kappa shape index (κ3) is 4.90. The van der Waals surface area contributed by atoms with E-state index in [2.05, 4.69) is 11.1 Å². The van der Waals surface area contributed by atoms with Crippen LogP contribution in [0.2, 0.25) is 0 Å². The average Bonchev–Trinajstić information content (AvgIpc) is 2.64. The molecule has 28 heavy (non-hydrogen) atoms. The van der Waals surface area contributed by atoms with Crippen molar-refractivity contribution in [1.29, 1.82) is 0 Å². The quantitative estimate of drug-likeness (QED) is 0.567. The fourth-order valence-corrected chi connectivity index (χ4v) is 5.65. The second kappa shape index (κ2) is 9.20. The molecule has 0 unspecified atom stereocenters. The van der Waals surface area contributed by atoms with Crippen LogP contribution in [0.1, 0.15) is 36.5 Å². The van der Waals surface area contributed by atoms with Crippen molar-refractivity contribution in [3.63, 3.8) is 0 Å². The number of hydrogen-bond acceptors (Lipinski definition) is 3. The Morgan fingerprint density at radius 2 is 1.82 bits per heavy atom. The van der Waals surface area contributed by atoms with Crippen molar-refractivity contribution in [1.82, 2.24) is 9.55 Å². The van der Waals surface area contributed by atoms with Crippen LogP contribution < -0.4 is 20.3 Å². The summed E-state index contributed by atoms with van der Waals surface area (Å²) in [6, 6.07) is 18.0. The molecular formula is C22H24N2O3Se. The van der Waals surface area contributed by atoms with Crippen LogP contribution in [-0.4, -0.2) is 24.5 Å². The monoisotopic (exact) mass is 444 g/mol. The molecule has 0 saturated heterocycles. The third-order valence-corrected chi connectivity index (χ3v) is 6.66. The molecule has 5 nitrogen and oxygen atoms in total. The molecule has 0 aliphatic rings. The van der Waals surface area contributed by atoms with E-state index in [-0.39, 0.29) is 33.2 Å². The van der Waals surface area contributed by atoms with Gasteiger partial charge in [0.1, 0.15) is 0 Å². The van der Waals surface area contributed by atoms with Gasteiger partial charge in [0.15, 0.2) is 0 Å². The molecule has 1 N–H and O–H groups in total. The van der Waals surface area contributed by atoms with Crippen molar-refractivity contribution < 1.29 is 4.74 Å². The van der Waals surface area contributed by atoms with Crippen LogP contribution in [0.5, 0.6) is 0 Å². The van der Waals surface area contributed by atoms with Crippen molar-refractivity contribution in [2.75, 3.05) is 0 Å². The Balaban J connectivity index is 1.96. The summed E-state index contributed by atoms with van der Waals surface area (Å²) < 4.78 is 9.28. The zero-order valence-corrected chi connectivity index (χ0v) is 18.0. The van der Waals surface area contributed by atoms with Gasteiger partial charge in [0.25, 0.3) is 0 Å². The number of H-pyrrole nitrogens is 1. The summed E-state index contributed by atoms with van der Waals surface area (Å²) in [7, 11) is 0. The number of rotatable bonds is 7. The molecule has 146 valence electrons. The van der Waals surface area contributed by atoms with E-state index in [0.29, 0.717) is 12.2 Å². The second-order valence-electron chi connectivity index (χ2n) is 6.94. The van der Waals surface area contributed by atoms with Gasteiger partial charge >= 0.3 is 170 Å². The van der Waals surface area contributed by atoms with Crippen LogP contribution in [0.3, 0.4) is 0 Å². The Labute approximate surface area is 170 Å². The normalized spacial score (nSPS) is 11.1. The van der Waals surface area contributed by atoms with E-state index in [1.165, 1.54) is 0 Å². The van der Waals surface area contributed by atoms with Gasteiger partial charge in [-0.2, -0.15) is 0 Å². The maximum absolute atomic E-state index is 12.6. The van der Waals surface area contributed by atoms with Crippen LogP contribution in [0.15, 0.2) is 64.2 Å². The van der Waals surface area contributed by atoms with Gasteiger partial charge < -0.3 is 0 Å². The maximum atomic E-state index is 12.6. The molecule has 3 rings (SSSR count). The molecule has 0 atom stereocenters. The van der Waals surface area contributed by atoms with E-state index in [1.54, 1.807) is 4.57 Å². The Bertz CT molecular complexity index is 1060. The Kier molecular flexibility index (Phi) is 6.68. The van der Waals surface area contributed by atoms with Crippen LogP contribution in [0, 0.1) is 6.92 Å². The van der Waals surface area contributed by atoms with Gasteiger partial charge in [-0.25, -0.2) is 0 Å². The molecule has 3 aromatic rings. The number of aryl methyl sites for hydroxylation is 1. The topological polar surface area (TPSA) is 64.1 Å². The van der Waals surface area contributed by atoms with Crippen LogP contribution in [0.25, 0.3) is 0 Å². The molecule has 0 radical (unpaired) electrons. The first-order chi connectivity index (χ1) is 13.5. The van der Waals surface area contributed by atoms with Gasteiger partial charge in [-0.15, -0.1) is 0 Å². The van der Waals surface area contributed by atoms with E-state index in [1.807, 2.05) is 69.3 Å². The molecule has 6 heteroatoms. The van der Waals surface area contributed by atoms with Crippen molar-refractivity contribution in [2.24, 2.45) is 0 Å². The number of nitrogens with one attached hydrogen (secondary N) is 1. The standard InChI is InChI=1S/C22H24N2O3Se/c1-15(2)19-20(25)23-22(26)24(14-27-13-17-9-5-4-6-10-17)21(19)28-18-11-7-8-16(3)12-18/h4-12,15H,13-14H2,1-3H3,(H,23,25,26). The van der Waals surface area contributed by atoms with Gasteiger partial charge in [-0.3, -0.25) is 0 Å². The summed E-state index contributed by atoms with van der Waals surface area (Å²) in [6.07, 6.45) is 0. The predicted octanol–water partition coefficient (Wildman–Crippen LogP) is 1.80.